The van der Waals surface area contributed by atoms with Crippen molar-refractivity contribution in [2.24, 2.45) is 0 Å². The molecule has 5 nitrogen and oxygen atoms in total. The zero-order valence-electron chi connectivity index (χ0n) is 15.1. The quantitative estimate of drug-likeness (QED) is 0.796. The number of carbonyl (C=O) groups is 1. The molecule has 0 saturated heterocycles. The molecule has 0 spiro atoms. The fourth-order valence-electron chi connectivity index (χ4n) is 2.49. The van der Waals surface area contributed by atoms with E-state index in [9.17, 15) is 13.2 Å². The number of benzene rings is 2. The molecule has 2 aromatic carbocycles. The number of amides is 1. The minimum Gasteiger partial charge on any atom is -0.340 e. The van der Waals surface area contributed by atoms with Gasteiger partial charge in [0, 0.05) is 20.6 Å². The van der Waals surface area contributed by atoms with E-state index in [0.29, 0.717) is 12.1 Å². The van der Waals surface area contributed by atoms with Crippen molar-refractivity contribution in [2.75, 3.05) is 20.6 Å². The summed E-state index contributed by atoms with van der Waals surface area (Å²) in [6.07, 6.45) is 0. The Bertz CT molecular complexity index is 848. The number of aryl methyl sites for hydroxylation is 2. The highest BCUT2D eigenvalue weighted by Gasteiger charge is 2.25. The summed E-state index contributed by atoms with van der Waals surface area (Å²) in [6, 6.07) is 14.9. The van der Waals surface area contributed by atoms with Crippen molar-refractivity contribution >= 4 is 15.9 Å². The smallest absolute Gasteiger partial charge is 0.243 e. The summed E-state index contributed by atoms with van der Waals surface area (Å²) in [7, 11) is -0.598. The third kappa shape index (κ3) is 4.67. The maximum atomic E-state index is 12.8. The van der Waals surface area contributed by atoms with E-state index in [1.54, 1.807) is 26.1 Å². The van der Waals surface area contributed by atoms with E-state index in [1.807, 2.05) is 43.3 Å². The Labute approximate surface area is 149 Å². The second-order valence-electron chi connectivity index (χ2n) is 6.27. The summed E-state index contributed by atoms with van der Waals surface area (Å²) >= 11 is 0. The van der Waals surface area contributed by atoms with Crippen LogP contribution in [0.5, 0.6) is 0 Å². The average molecular weight is 360 g/mol. The number of sulfonamides is 1. The van der Waals surface area contributed by atoms with Gasteiger partial charge in [-0.1, -0.05) is 42.5 Å². The molecule has 0 bridgehead atoms. The third-order valence-corrected chi connectivity index (χ3v) is 6.02. The minimum atomic E-state index is -3.71. The van der Waals surface area contributed by atoms with Crippen LogP contribution in [-0.2, 0) is 21.4 Å². The van der Waals surface area contributed by atoms with Crippen LogP contribution in [0.4, 0.5) is 0 Å². The van der Waals surface area contributed by atoms with Crippen molar-refractivity contribution in [2.45, 2.75) is 25.3 Å². The molecule has 0 aliphatic heterocycles. The molecule has 0 saturated carbocycles. The average Bonchev–Trinajstić information content (AvgIpc) is 2.57. The lowest BCUT2D eigenvalue weighted by Gasteiger charge is -2.22. The Kier molecular flexibility index (Phi) is 5.98. The van der Waals surface area contributed by atoms with Crippen LogP contribution in [0.2, 0.25) is 0 Å². The first-order valence-electron chi connectivity index (χ1n) is 8.03. The van der Waals surface area contributed by atoms with Gasteiger partial charge in [-0.2, -0.15) is 4.31 Å². The van der Waals surface area contributed by atoms with Gasteiger partial charge in [0.05, 0.1) is 11.4 Å². The Morgan fingerprint density at radius 2 is 1.64 bits per heavy atom. The summed E-state index contributed by atoms with van der Waals surface area (Å²) in [4.78, 5) is 14.2. The molecular weight excluding hydrogens is 336 g/mol. The zero-order valence-corrected chi connectivity index (χ0v) is 15.9. The molecule has 0 fully saturated rings. The molecule has 0 aliphatic rings. The van der Waals surface area contributed by atoms with Crippen molar-refractivity contribution in [3.05, 3.63) is 65.2 Å². The molecule has 0 N–H and O–H groups in total. The summed E-state index contributed by atoms with van der Waals surface area (Å²) in [6.45, 7) is 3.84. The molecule has 2 aromatic rings. The summed E-state index contributed by atoms with van der Waals surface area (Å²) in [5, 5.41) is 0. The van der Waals surface area contributed by atoms with Gasteiger partial charge < -0.3 is 4.90 Å². The van der Waals surface area contributed by atoms with E-state index < -0.39 is 10.0 Å². The standard InChI is InChI=1S/C19H24N2O3S/c1-15-10-11-16(2)18(12-15)25(23,24)21(4)14-19(22)20(3)13-17-8-6-5-7-9-17/h5-12H,13-14H2,1-4H3. The number of hydrogen-bond donors (Lipinski definition) is 0. The van der Waals surface area contributed by atoms with Crippen molar-refractivity contribution in [1.82, 2.24) is 9.21 Å². The van der Waals surface area contributed by atoms with Gasteiger partial charge in [0.25, 0.3) is 0 Å². The Morgan fingerprint density at radius 3 is 2.28 bits per heavy atom. The first-order chi connectivity index (χ1) is 11.7. The summed E-state index contributed by atoms with van der Waals surface area (Å²) in [5.41, 5.74) is 2.53. The fraction of sp³-hybridized carbons (Fsp3) is 0.316. The largest absolute Gasteiger partial charge is 0.340 e. The van der Waals surface area contributed by atoms with Gasteiger partial charge in [0.1, 0.15) is 0 Å². The lowest BCUT2D eigenvalue weighted by Crippen LogP contribution is -2.39. The Balaban J connectivity index is 2.10. The number of nitrogens with zero attached hydrogens (tertiary/aromatic N) is 2. The third-order valence-electron chi connectivity index (χ3n) is 4.08. The number of hydrogen-bond acceptors (Lipinski definition) is 3. The van der Waals surface area contributed by atoms with Gasteiger partial charge in [-0.25, -0.2) is 8.42 Å². The van der Waals surface area contributed by atoms with E-state index in [2.05, 4.69) is 0 Å². The first-order valence-corrected chi connectivity index (χ1v) is 9.47. The highest BCUT2D eigenvalue weighted by atomic mass is 32.2. The van der Waals surface area contributed by atoms with Crippen LogP contribution in [0.3, 0.4) is 0 Å². The Morgan fingerprint density at radius 1 is 1.00 bits per heavy atom. The van der Waals surface area contributed by atoms with Crippen molar-refractivity contribution in [3.63, 3.8) is 0 Å². The topological polar surface area (TPSA) is 57.7 Å². The van der Waals surface area contributed by atoms with E-state index >= 15 is 0 Å². The van der Waals surface area contributed by atoms with Gasteiger partial charge >= 0.3 is 0 Å². The maximum absolute atomic E-state index is 12.8. The van der Waals surface area contributed by atoms with Crippen molar-refractivity contribution in [1.29, 1.82) is 0 Å². The van der Waals surface area contributed by atoms with E-state index in [-0.39, 0.29) is 17.3 Å². The first kappa shape index (κ1) is 19.1. The predicted molar refractivity (Wildman–Crippen MR) is 98.6 cm³/mol. The molecule has 25 heavy (non-hydrogen) atoms. The molecule has 0 heterocycles. The zero-order chi connectivity index (χ0) is 18.6. The molecule has 0 aliphatic carbocycles. The van der Waals surface area contributed by atoms with E-state index in [4.69, 9.17) is 0 Å². The molecule has 0 unspecified atom stereocenters. The highest BCUT2D eigenvalue weighted by Crippen LogP contribution is 2.20. The van der Waals surface area contributed by atoms with Crippen molar-refractivity contribution in [3.8, 4) is 0 Å². The van der Waals surface area contributed by atoms with E-state index in [1.165, 1.54) is 11.9 Å². The van der Waals surface area contributed by atoms with E-state index in [0.717, 1.165) is 15.4 Å². The summed E-state index contributed by atoms with van der Waals surface area (Å²) in [5.74, 6) is -0.250. The minimum absolute atomic E-state index is 0.195. The molecule has 2 rings (SSSR count). The van der Waals surface area contributed by atoms with Gasteiger partial charge in [0.15, 0.2) is 0 Å². The van der Waals surface area contributed by atoms with Crippen LogP contribution in [0.25, 0.3) is 0 Å². The van der Waals surface area contributed by atoms with Crippen LogP contribution < -0.4 is 0 Å². The summed E-state index contributed by atoms with van der Waals surface area (Å²) < 4.78 is 26.7. The second kappa shape index (κ2) is 7.80. The van der Waals surface area contributed by atoms with Crippen molar-refractivity contribution < 1.29 is 13.2 Å². The molecule has 6 heteroatoms. The van der Waals surface area contributed by atoms with Crippen LogP contribution in [-0.4, -0.2) is 44.2 Å². The maximum Gasteiger partial charge on any atom is 0.243 e. The number of carbonyl (C=O) groups excluding carboxylic acids is 1. The number of rotatable bonds is 6. The van der Waals surface area contributed by atoms with Crippen LogP contribution in [0, 0.1) is 13.8 Å². The molecule has 0 atom stereocenters. The van der Waals surface area contributed by atoms with Crippen LogP contribution in [0.1, 0.15) is 16.7 Å². The normalized spacial score (nSPS) is 11.6. The predicted octanol–water partition coefficient (Wildman–Crippen LogP) is 2.58. The second-order valence-corrected chi connectivity index (χ2v) is 8.28. The highest BCUT2D eigenvalue weighted by molar-refractivity contribution is 7.89. The Hall–Kier alpha value is -2.18. The van der Waals surface area contributed by atoms with Gasteiger partial charge in [-0.05, 0) is 36.6 Å². The van der Waals surface area contributed by atoms with Gasteiger partial charge in [-0.15, -0.1) is 0 Å². The monoisotopic (exact) mass is 360 g/mol. The van der Waals surface area contributed by atoms with Crippen LogP contribution in [0.15, 0.2) is 53.4 Å². The molecule has 134 valence electrons. The molecule has 1 amide bonds. The molecule has 0 aromatic heterocycles. The lowest BCUT2D eigenvalue weighted by molar-refractivity contribution is -0.130. The van der Waals surface area contributed by atoms with Gasteiger partial charge in [0.2, 0.25) is 15.9 Å². The lowest BCUT2D eigenvalue weighted by atomic mass is 10.2. The van der Waals surface area contributed by atoms with Gasteiger partial charge in [-0.3, -0.25) is 4.79 Å². The number of likely N-dealkylation sites (N-methyl/N-ethyl adjacent to an activating group) is 2. The molecular formula is C19H24N2O3S. The van der Waals surface area contributed by atoms with Crippen LogP contribution >= 0.6 is 0 Å². The SMILES string of the molecule is Cc1ccc(C)c(S(=O)(=O)N(C)CC(=O)N(C)Cc2ccccc2)c1. The molecule has 0 radical (unpaired) electrons. The fourth-order valence-corrected chi connectivity index (χ4v) is 3.92.